The number of hydrogen-bond donors (Lipinski definition) is 7. The molecular weight excluding hydrogens is 332 g/mol. The number of ether oxygens (including phenoxy) is 4. The zero-order valence-electron chi connectivity index (χ0n) is 13.0. The van der Waals surface area contributed by atoms with Gasteiger partial charge in [0.25, 0.3) is 0 Å². The first-order chi connectivity index (χ1) is 11.3. The number of aliphatic hydroxyl groups excluding tert-OH is 7. The molecule has 2 rings (SSSR count). The van der Waals surface area contributed by atoms with E-state index in [9.17, 15) is 35.7 Å². The second-order valence-electron chi connectivity index (χ2n) is 5.74. The molecule has 0 unspecified atom stereocenters. The maximum Gasteiger partial charge on any atom is 0.187 e. The van der Waals surface area contributed by atoms with Gasteiger partial charge >= 0.3 is 0 Å². The van der Waals surface area contributed by atoms with Crippen molar-refractivity contribution in [2.24, 2.45) is 0 Å². The molecule has 2 fully saturated rings. The number of aliphatic hydroxyl groups is 7. The lowest BCUT2D eigenvalue weighted by atomic mass is 9.97. The fraction of sp³-hybridized carbons (Fsp3) is 1.00. The quantitative estimate of drug-likeness (QED) is 0.251. The maximum absolute atomic E-state index is 10.1. The summed E-state index contributed by atoms with van der Waals surface area (Å²) in [6.07, 6.45) is -14.2. The highest BCUT2D eigenvalue weighted by Crippen LogP contribution is 2.29. The van der Waals surface area contributed by atoms with Crippen LogP contribution < -0.4 is 0 Å². The van der Waals surface area contributed by atoms with Crippen LogP contribution in [0.1, 0.15) is 0 Å². The average Bonchev–Trinajstić information content (AvgIpc) is 2.58. The van der Waals surface area contributed by atoms with Gasteiger partial charge in [0.15, 0.2) is 12.6 Å². The van der Waals surface area contributed by atoms with Crippen molar-refractivity contribution in [2.45, 2.75) is 61.4 Å². The van der Waals surface area contributed by atoms with Gasteiger partial charge in [0.05, 0.1) is 13.2 Å². The third-order valence-corrected chi connectivity index (χ3v) is 4.22. The molecule has 142 valence electrons. The van der Waals surface area contributed by atoms with Crippen LogP contribution in [-0.2, 0) is 18.9 Å². The highest BCUT2D eigenvalue weighted by Gasteiger charge is 2.50. The van der Waals surface area contributed by atoms with Crippen molar-refractivity contribution in [3.05, 3.63) is 0 Å². The van der Waals surface area contributed by atoms with E-state index in [0.717, 1.165) is 0 Å². The summed E-state index contributed by atoms with van der Waals surface area (Å²) in [5, 5.41) is 67.8. The van der Waals surface area contributed by atoms with Gasteiger partial charge in [-0.25, -0.2) is 0 Å². The first-order valence-electron chi connectivity index (χ1n) is 7.46. The Morgan fingerprint density at radius 3 is 1.83 bits per heavy atom. The lowest BCUT2D eigenvalue weighted by Crippen LogP contribution is -2.64. The van der Waals surface area contributed by atoms with E-state index in [4.69, 9.17) is 18.9 Å². The topological polar surface area (TPSA) is 179 Å². The van der Waals surface area contributed by atoms with Crippen molar-refractivity contribution < 1.29 is 54.7 Å². The van der Waals surface area contributed by atoms with Crippen molar-refractivity contribution in [3.63, 3.8) is 0 Å². The van der Waals surface area contributed by atoms with Crippen molar-refractivity contribution >= 4 is 0 Å². The SMILES string of the molecule is CO[C@H]1[C@H](O)[C@@H](O)[C@@H](O[C@H]2[C@H](O)[C@@H](O)[C@@H](O)O[C@@H]2CO)O[C@@H]1CO. The van der Waals surface area contributed by atoms with Crippen molar-refractivity contribution in [1.82, 2.24) is 0 Å². The molecule has 0 radical (unpaired) electrons. The molecule has 0 spiro atoms. The summed E-state index contributed by atoms with van der Waals surface area (Å²) in [6.45, 7) is -1.18. The molecule has 0 bridgehead atoms. The zero-order chi connectivity index (χ0) is 18.0. The van der Waals surface area contributed by atoms with Gasteiger partial charge < -0.3 is 54.7 Å². The van der Waals surface area contributed by atoms with E-state index in [1.807, 2.05) is 0 Å². The van der Waals surface area contributed by atoms with Crippen LogP contribution in [0, 0.1) is 0 Å². The standard InChI is InChI=1S/C13H24O11/c1-21-10-4(2-14)23-13(9(19)7(10)17)24-11-5(3-15)22-12(20)8(18)6(11)16/h4-20H,2-3H2,1H3/t4-,5-,6-,7-,8-,9-,10-,11-,12+,13-/m1/s1. The lowest BCUT2D eigenvalue weighted by Gasteiger charge is -2.45. The molecule has 11 heteroatoms. The molecule has 7 N–H and O–H groups in total. The second kappa shape index (κ2) is 8.29. The molecule has 0 aromatic rings. The molecule has 24 heavy (non-hydrogen) atoms. The molecule has 2 aliphatic heterocycles. The highest BCUT2D eigenvalue weighted by atomic mass is 16.7. The van der Waals surface area contributed by atoms with Crippen molar-refractivity contribution in [3.8, 4) is 0 Å². The van der Waals surface area contributed by atoms with Crippen molar-refractivity contribution in [1.29, 1.82) is 0 Å². The number of methoxy groups -OCH3 is 1. The van der Waals surface area contributed by atoms with E-state index in [1.54, 1.807) is 0 Å². The summed E-state index contributed by atoms with van der Waals surface area (Å²) in [7, 11) is 1.27. The molecule has 11 nitrogen and oxygen atoms in total. The third kappa shape index (κ3) is 3.71. The average molecular weight is 356 g/mol. The Kier molecular flexibility index (Phi) is 6.87. The van der Waals surface area contributed by atoms with E-state index in [-0.39, 0.29) is 0 Å². The Morgan fingerprint density at radius 2 is 1.29 bits per heavy atom. The first-order valence-corrected chi connectivity index (χ1v) is 7.46. The van der Waals surface area contributed by atoms with Gasteiger partial charge in [0.1, 0.15) is 48.8 Å². The second-order valence-corrected chi connectivity index (χ2v) is 5.74. The van der Waals surface area contributed by atoms with E-state index >= 15 is 0 Å². The van der Waals surface area contributed by atoms with Crippen LogP contribution in [0.5, 0.6) is 0 Å². The lowest BCUT2D eigenvalue weighted by molar-refractivity contribution is -0.356. The van der Waals surface area contributed by atoms with Gasteiger partial charge in [-0.3, -0.25) is 0 Å². The fourth-order valence-electron chi connectivity index (χ4n) is 2.85. The van der Waals surface area contributed by atoms with Gasteiger partial charge in [0.2, 0.25) is 0 Å². The zero-order valence-corrected chi connectivity index (χ0v) is 13.0. The summed E-state index contributed by atoms with van der Waals surface area (Å²) in [5.74, 6) is 0. The van der Waals surface area contributed by atoms with Crippen LogP contribution >= 0.6 is 0 Å². The molecule has 10 atom stereocenters. The van der Waals surface area contributed by atoms with E-state index in [2.05, 4.69) is 0 Å². The van der Waals surface area contributed by atoms with E-state index in [0.29, 0.717) is 0 Å². The molecular formula is C13H24O11. The normalized spacial score (nSPS) is 50.0. The molecule has 0 aromatic heterocycles. The Hall–Kier alpha value is -0.440. The van der Waals surface area contributed by atoms with Crippen LogP contribution in [0.2, 0.25) is 0 Å². The van der Waals surface area contributed by atoms with Gasteiger partial charge in [-0.1, -0.05) is 0 Å². The van der Waals surface area contributed by atoms with Crippen LogP contribution in [0.25, 0.3) is 0 Å². The Bertz CT molecular complexity index is 392. The number of rotatable bonds is 5. The van der Waals surface area contributed by atoms with Gasteiger partial charge in [-0.05, 0) is 0 Å². The summed E-state index contributed by atoms with van der Waals surface area (Å²) >= 11 is 0. The van der Waals surface area contributed by atoms with Crippen LogP contribution in [0.4, 0.5) is 0 Å². The van der Waals surface area contributed by atoms with E-state index in [1.165, 1.54) is 7.11 Å². The fourth-order valence-corrected chi connectivity index (χ4v) is 2.85. The highest BCUT2D eigenvalue weighted by molar-refractivity contribution is 4.94. The maximum atomic E-state index is 10.1. The summed E-state index contributed by atoms with van der Waals surface area (Å²) in [6, 6.07) is 0. The molecule has 2 aliphatic rings. The van der Waals surface area contributed by atoms with Gasteiger partial charge in [0, 0.05) is 7.11 Å². The number of hydrogen-bond acceptors (Lipinski definition) is 11. The van der Waals surface area contributed by atoms with Crippen molar-refractivity contribution in [2.75, 3.05) is 20.3 Å². The largest absolute Gasteiger partial charge is 0.394 e. The minimum Gasteiger partial charge on any atom is -0.394 e. The van der Waals surface area contributed by atoms with Crippen LogP contribution in [0.3, 0.4) is 0 Å². The molecule has 0 amide bonds. The molecule has 0 saturated carbocycles. The van der Waals surface area contributed by atoms with Gasteiger partial charge in [-0.2, -0.15) is 0 Å². The van der Waals surface area contributed by atoms with E-state index < -0.39 is 74.6 Å². The first kappa shape index (κ1) is 19.9. The summed E-state index contributed by atoms with van der Waals surface area (Å²) in [4.78, 5) is 0. The smallest absolute Gasteiger partial charge is 0.187 e. The monoisotopic (exact) mass is 356 g/mol. The molecule has 2 saturated heterocycles. The predicted octanol–water partition coefficient (Wildman–Crippen LogP) is -4.74. The predicted molar refractivity (Wildman–Crippen MR) is 73.4 cm³/mol. The van der Waals surface area contributed by atoms with Crippen LogP contribution in [0.15, 0.2) is 0 Å². The minimum absolute atomic E-state index is 0.531. The molecule has 2 heterocycles. The summed E-state index contributed by atoms with van der Waals surface area (Å²) in [5.41, 5.74) is 0. The molecule has 0 aromatic carbocycles. The van der Waals surface area contributed by atoms with Gasteiger partial charge in [-0.15, -0.1) is 0 Å². The van der Waals surface area contributed by atoms with Crippen LogP contribution in [-0.4, -0.2) is 117 Å². The Balaban J connectivity index is 2.12. The molecule has 0 aliphatic carbocycles. The third-order valence-electron chi connectivity index (χ3n) is 4.22. The minimum atomic E-state index is -1.72. The Morgan fingerprint density at radius 1 is 0.750 bits per heavy atom. The summed E-state index contributed by atoms with van der Waals surface area (Å²) < 4.78 is 20.6. The Labute approximate surface area is 137 Å².